The van der Waals surface area contributed by atoms with E-state index in [0.717, 1.165) is 30.8 Å². The number of nitrogens with zero attached hydrogens (tertiary/aromatic N) is 2. The Hall–Kier alpha value is -0.910. The van der Waals surface area contributed by atoms with Crippen LogP contribution in [0.25, 0.3) is 11.2 Å². The molecular formula is C12H14ClN3OS. The minimum absolute atomic E-state index is 0.280. The second-order valence-electron chi connectivity index (χ2n) is 4.69. The monoisotopic (exact) mass is 283 g/mol. The minimum atomic E-state index is 0.280. The van der Waals surface area contributed by atoms with E-state index in [0.29, 0.717) is 15.7 Å². The molecule has 1 aliphatic rings. The summed E-state index contributed by atoms with van der Waals surface area (Å²) in [7, 11) is 0. The number of H-pyrrole nitrogens is 1. The van der Waals surface area contributed by atoms with Crippen LogP contribution in [-0.4, -0.2) is 27.7 Å². The maximum atomic E-state index is 5.94. The Balaban J connectivity index is 2.10. The first kappa shape index (κ1) is 12.1. The van der Waals surface area contributed by atoms with Gasteiger partial charge in [-0.3, -0.25) is 4.57 Å². The molecule has 18 heavy (non-hydrogen) atoms. The highest BCUT2D eigenvalue weighted by atomic mass is 35.5. The number of aromatic nitrogens is 3. The highest BCUT2D eigenvalue weighted by molar-refractivity contribution is 7.71. The Labute approximate surface area is 115 Å². The van der Waals surface area contributed by atoms with Crippen molar-refractivity contribution in [2.24, 2.45) is 5.92 Å². The number of aromatic amines is 1. The number of imidazole rings is 1. The molecule has 1 aliphatic heterocycles. The molecule has 4 nitrogen and oxygen atoms in total. The van der Waals surface area contributed by atoms with E-state index in [4.69, 9.17) is 28.6 Å². The average Bonchev–Trinajstić information content (AvgIpc) is 2.94. The van der Waals surface area contributed by atoms with Gasteiger partial charge in [0.05, 0.1) is 17.1 Å². The average molecular weight is 284 g/mol. The van der Waals surface area contributed by atoms with Gasteiger partial charge in [0.1, 0.15) is 0 Å². The Morgan fingerprint density at radius 2 is 2.50 bits per heavy atom. The molecule has 0 radical (unpaired) electrons. The van der Waals surface area contributed by atoms with Gasteiger partial charge in [0.25, 0.3) is 0 Å². The molecule has 0 bridgehead atoms. The number of ether oxygens (including phenoxy) is 1. The van der Waals surface area contributed by atoms with Gasteiger partial charge in [0.2, 0.25) is 0 Å². The van der Waals surface area contributed by atoms with Gasteiger partial charge >= 0.3 is 0 Å². The van der Waals surface area contributed by atoms with E-state index in [-0.39, 0.29) is 6.04 Å². The Morgan fingerprint density at radius 1 is 1.67 bits per heavy atom. The molecule has 2 aromatic rings. The predicted molar refractivity (Wildman–Crippen MR) is 73.6 cm³/mol. The summed E-state index contributed by atoms with van der Waals surface area (Å²) in [5.74, 6) is 0.494. The molecule has 3 rings (SSSR count). The van der Waals surface area contributed by atoms with Crippen molar-refractivity contribution >= 4 is 35.0 Å². The Kier molecular flexibility index (Phi) is 3.13. The van der Waals surface area contributed by atoms with Crippen LogP contribution in [0.5, 0.6) is 0 Å². The molecule has 2 atom stereocenters. The molecule has 2 unspecified atom stereocenters. The van der Waals surface area contributed by atoms with Gasteiger partial charge in [0.15, 0.2) is 10.4 Å². The first-order valence-corrected chi connectivity index (χ1v) is 6.79. The largest absolute Gasteiger partial charge is 0.381 e. The minimum Gasteiger partial charge on any atom is -0.381 e. The van der Waals surface area contributed by atoms with Gasteiger partial charge in [-0.05, 0) is 31.6 Å². The normalized spacial score (nSPS) is 21.6. The van der Waals surface area contributed by atoms with Crippen LogP contribution < -0.4 is 0 Å². The number of nitrogens with one attached hydrogen (secondary N) is 1. The van der Waals surface area contributed by atoms with E-state index < -0.39 is 0 Å². The SMILES string of the molecule is CC(C1CCOC1)n1c(=S)[nH]c2cc(Cl)cnc21. The van der Waals surface area contributed by atoms with Gasteiger partial charge in [-0.1, -0.05) is 11.6 Å². The molecule has 0 amide bonds. The van der Waals surface area contributed by atoms with Crippen LogP contribution in [0.3, 0.4) is 0 Å². The van der Waals surface area contributed by atoms with E-state index in [9.17, 15) is 0 Å². The Bertz CT molecular complexity index is 630. The topological polar surface area (TPSA) is 42.8 Å². The van der Waals surface area contributed by atoms with E-state index >= 15 is 0 Å². The Morgan fingerprint density at radius 3 is 3.22 bits per heavy atom. The van der Waals surface area contributed by atoms with E-state index in [1.807, 2.05) is 6.07 Å². The van der Waals surface area contributed by atoms with Crippen molar-refractivity contribution < 1.29 is 4.74 Å². The first-order chi connectivity index (χ1) is 8.66. The van der Waals surface area contributed by atoms with Crippen LogP contribution >= 0.6 is 23.8 Å². The number of hydrogen-bond donors (Lipinski definition) is 1. The number of pyridine rings is 1. The van der Waals surface area contributed by atoms with Crippen LogP contribution in [0.2, 0.25) is 5.02 Å². The van der Waals surface area contributed by atoms with Gasteiger partial charge in [-0.25, -0.2) is 4.98 Å². The van der Waals surface area contributed by atoms with Crippen molar-refractivity contribution in [3.63, 3.8) is 0 Å². The van der Waals surface area contributed by atoms with Gasteiger partial charge in [0, 0.05) is 24.8 Å². The first-order valence-electron chi connectivity index (χ1n) is 6.00. The smallest absolute Gasteiger partial charge is 0.179 e. The van der Waals surface area contributed by atoms with Crippen LogP contribution in [-0.2, 0) is 4.74 Å². The molecule has 0 aromatic carbocycles. The second kappa shape index (κ2) is 4.64. The standard InChI is InChI=1S/C12H14ClN3OS/c1-7(8-2-3-17-6-8)16-11-10(15-12(16)18)4-9(13)5-14-11/h4-5,7-8H,2-3,6H2,1H3,(H,15,18). The van der Waals surface area contributed by atoms with Gasteiger partial charge < -0.3 is 9.72 Å². The number of halogens is 1. The van der Waals surface area contributed by atoms with Crippen LogP contribution in [0.1, 0.15) is 19.4 Å². The third-order valence-corrected chi connectivity index (χ3v) is 4.08. The quantitative estimate of drug-likeness (QED) is 0.860. The highest BCUT2D eigenvalue weighted by Gasteiger charge is 2.25. The zero-order valence-electron chi connectivity index (χ0n) is 10.0. The van der Waals surface area contributed by atoms with Crippen molar-refractivity contribution in [1.29, 1.82) is 0 Å². The fraction of sp³-hybridized carbons (Fsp3) is 0.500. The van der Waals surface area contributed by atoms with Crippen molar-refractivity contribution in [1.82, 2.24) is 14.5 Å². The van der Waals surface area contributed by atoms with E-state index in [1.54, 1.807) is 6.20 Å². The summed E-state index contributed by atoms with van der Waals surface area (Å²) in [5, 5.41) is 0.614. The lowest BCUT2D eigenvalue weighted by Crippen LogP contribution is -2.17. The van der Waals surface area contributed by atoms with E-state index in [1.165, 1.54) is 0 Å². The van der Waals surface area contributed by atoms with Crippen molar-refractivity contribution in [3.8, 4) is 0 Å². The summed E-state index contributed by atoms with van der Waals surface area (Å²) in [6, 6.07) is 2.14. The lowest BCUT2D eigenvalue weighted by Gasteiger charge is -2.19. The highest BCUT2D eigenvalue weighted by Crippen LogP contribution is 2.29. The maximum absolute atomic E-state index is 5.94. The second-order valence-corrected chi connectivity index (χ2v) is 5.51. The third kappa shape index (κ3) is 1.96. The van der Waals surface area contributed by atoms with E-state index in [2.05, 4.69) is 21.5 Å². The van der Waals surface area contributed by atoms with Crippen molar-refractivity contribution in [3.05, 3.63) is 22.1 Å². The molecule has 0 aliphatic carbocycles. The molecule has 96 valence electrons. The summed E-state index contributed by atoms with van der Waals surface area (Å²) in [6.07, 6.45) is 2.73. The zero-order chi connectivity index (χ0) is 12.7. The molecular weight excluding hydrogens is 270 g/mol. The van der Waals surface area contributed by atoms with Crippen LogP contribution in [0.15, 0.2) is 12.3 Å². The molecule has 3 heterocycles. The molecule has 1 N–H and O–H groups in total. The maximum Gasteiger partial charge on any atom is 0.179 e. The summed E-state index contributed by atoms with van der Waals surface area (Å²) < 4.78 is 8.21. The van der Waals surface area contributed by atoms with Gasteiger partial charge in [-0.2, -0.15) is 0 Å². The zero-order valence-corrected chi connectivity index (χ0v) is 11.6. The summed E-state index contributed by atoms with van der Waals surface area (Å²) in [6.45, 7) is 3.80. The number of fused-ring (bicyclic) bond motifs is 1. The lowest BCUT2D eigenvalue weighted by atomic mass is 10.0. The summed E-state index contributed by atoms with van der Waals surface area (Å²) in [5.41, 5.74) is 1.75. The third-order valence-electron chi connectivity index (χ3n) is 3.58. The fourth-order valence-corrected chi connectivity index (χ4v) is 3.03. The molecule has 0 saturated carbocycles. The summed E-state index contributed by atoms with van der Waals surface area (Å²) >= 11 is 11.3. The molecule has 0 spiro atoms. The van der Waals surface area contributed by atoms with Crippen LogP contribution in [0.4, 0.5) is 0 Å². The fourth-order valence-electron chi connectivity index (χ4n) is 2.51. The molecule has 2 aromatic heterocycles. The van der Waals surface area contributed by atoms with Crippen LogP contribution in [0, 0.1) is 10.7 Å². The van der Waals surface area contributed by atoms with Crippen molar-refractivity contribution in [2.45, 2.75) is 19.4 Å². The number of rotatable bonds is 2. The van der Waals surface area contributed by atoms with Gasteiger partial charge in [-0.15, -0.1) is 0 Å². The molecule has 6 heteroatoms. The molecule has 1 fully saturated rings. The number of hydrogen-bond acceptors (Lipinski definition) is 3. The predicted octanol–water partition coefficient (Wildman–Crippen LogP) is 3.34. The van der Waals surface area contributed by atoms with Crippen molar-refractivity contribution in [2.75, 3.05) is 13.2 Å². The lowest BCUT2D eigenvalue weighted by molar-refractivity contribution is 0.175. The molecule has 1 saturated heterocycles. The summed E-state index contributed by atoms with van der Waals surface area (Å²) in [4.78, 5) is 7.55.